The zero-order valence-electron chi connectivity index (χ0n) is 16.7. The predicted molar refractivity (Wildman–Crippen MR) is 108 cm³/mol. The zero-order chi connectivity index (χ0) is 20.6. The van der Waals surface area contributed by atoms with Crippen LogP contribution in [0.3, 0.4) is 0 Å². The maximum Gasteiger partial charge on any atom is 0.315 e. The van der Waals surface area contributed by atoms with Gasteiger partial charge in [-0.2, -0.15) is 0 Å². The lowest BCUT2D eigenvalue weighted by atomic mass is 9.85. The third-order valence-electron chi connectivity index (χ3n) is 5.23. The number of anilines is 1. The molecule has 1 aliphatic carbocycles. The van der Waals surface area contributed by atoms with Crippen molar-refractivity contribution in [2.45, 2.75) is 70.3 Å². The quantitative estimate of drug-likeness (QED) is 0.511. The van der Waals surface area contributed by atoms with Crippen molar-refractivity contribution in [3.05, 3.63) is 29.8 Å². The van der Waals surface area contributed by atoms with E-state index < -0.39 is 11.4 Å². The molecule has 0 radical (unpaired) electrons. The molecule has 0 spiro atoms. The minimum Gasteiger partial charge on any atom is -0.481 e. The number of rotatable bonds is 8. The van der Waals surface area contributed by atoms with Crippen LogP contribution in [0, 0.1) is 0 Å². The molecule has 0 bridgehead atoms. The van der Waals surface area contributed by atoms with Gasteiger partial charge in [0.2, 0.25) is 5.91 Å². The van der Waals surface area contributed by atoms with E-state index in [1.807, 2.05) is 0 Å². The summed E-state index contributed by atoms with van der Waals surface area (Å²) >= 11 is 0. The first-order valence-corrected chi connectivity index (χ1v) is 9.97. The van der Waals surface area contributed by atoms with Gasteiger partial charge in [-0.05, 0) is 50.8 Å². The molecule has 0 aliphatic heterocycles. The molecular weight excluding hydrogens is 358 g/mol. The molecule has 0 saturated heterocycles. The number of carboxylic acid groups (broad SMARTS) is 1. The van der Waals surface area contributed by atoms with Gasteiger partial charge in [0.1, 0.15) is 0 Å². The van der Waals surface area contributed by atoms with E-state index in [0.29, 0.717) is 30.6 Å². The first kappa shape index (κ1) is 21.7. The summed E-state index contributed by atoms with van der Waals surface area (Å²) in [5.74, 6) is -1.04. The summed E-state index contributed by atoms with van der Waals surface area (Å²) in [6.45, 7) is 3.72. The largest absolute Gasteiger partial charge is 0.481 e. The van der Waals surface area contributed by atoms with E-state index in [-0.39, 0.29) is 18.0 Å². The first-order chi connectivity index (χ1) is 13.3. The fraction of sp³-hybridized carbons (Fsp3) is 0.571. The standard InChI is InChI=1S/C21H31N3O4/c1-21(2,19(26)27)15-10-12-17(13-11-15)23-18(25)9-6-14-22-20(28)24-16-7-4-3-5-8-16/h10-13,16H,3-9,14H2,1-2H3,(H,23,25)(H,26,27)(H2,22,24,28). The van der Waals surface area contributed by atoms with Crippen LogP contribution < -0.4 is 16.0 Å². The van der Waals surface area contributed by atoms with Crippen molar-refractivity contribution in [2.75, 3.05) is 11.9 Å². The van der Waals surface area contributed by atoms with E-state index in [9.17, 15) is 19.5 Å². The van der Waals surface area contributed by atoms with Crippen LogP contribution in [0.5, 0.6) is 0 Å². The summed E-state index contributed by atoms with van der Waals surface area (Å²) in [4.78, 5) is 35.2. The minimum atomic E-state index is -0.980. The Labute approximate surface area is 166 Å². The van der Waals surface area contributed by atoms with E-state index in [1.165, 1.54) is 19.3 Å². The second kappa shape index (κ2) is 10.1. The molecule has 28 heavy (non-hydrogen) atoms. The monoisotopic (exact) mass is 389 g/mol. The number of aliphatic carboxylic acids is 1. The summed E-state index contributed by atoms with van der Waals surface area (Å²) in [5, 5.41) is 17.8. The summed E-state index contributed by atoms with van der Waals surface area (Å²) < 4.78 is 0. The Morgan fingerprint density at radius 3 is 2.32 bits per heavy atom. The number of hydrogen-bond donors (Lipinski definition) is 4. The van der Waals surface area contributed by atoms with Gasteiger partial charge < -0.3 is 21.1 Å². The lowest BCUT2D eigenvalue weighted by molar-refractivity contribution is -0.142. The molecular formula is C21H31N3O4. The summed E-state index contributed by atoms with van der Waals surface area (Å²) in [6, 6.07) is 6.93. The maximum atomic E-state index is 12.0. The average Bonchev–Trinajstić information content (AvgIpc) is 2.66. The van der Waals surface area contributed by atoms with Crippen LogP contribution in [-0.2, 0) is 15.0 Å². The number of carbonyl (C=O) groups is 3. The van der Waals surface area contributed by atoms with Crippen molar-refractivity contribution < 1.29 is 19.5 Å². The highest BCUT2D eigenvalue weighted by Gasteiger charge is 2.29. The molecule has 4 N–H and O–H groups in total. The normalized spacial score (nSPS) is 14.9. The predicted octanol–water partition coefficient (Wildman–Crippen LogP) is 3.40. The molecule has 0 unspecified atom stereocenters. The van der Waals surface area contributed by atoms with Crippen LogP contribution in [0.2, 0.25) is 0 Å². The number of carbonyl (C=O) groups excluding carboxylic acids is 2. The number of nitrogens with one attached hydrogen (secondary N) is 3. The topological polar surface area (TPSA) is 108 Å². The van der Waals surface area contributed by atoms with Gasteiger partial charge in [-0.1, -0.05) is 31.4 Å². The SMILES string of the molecule is CC(C)(C(=O)O)c1ccc(NC(=O)CCCNC(=O)NC2CCCCC2)cc1. The number of urea groups is 1. The van der Waals surface area contributed by atoms with Gasteiger partial charge in [-0.3, -0.25) is 9.59 Å². The van der Waals surface area contributed by atoms with Crippen molar-refractivity contribution in [3.8, 4) is 0 Å². The van der Waals surface area contributed by atoms with Crippen molar-refractivity contribution in [2.24, 2.45) is 0 Å². The molecule has 1 aromatic rings. The molecule has 1 fully saturated rings. The van der Waals surface area contributed by atoms with Gasteiger partial charge in [-0.15, -0.1) is 0 Å². The minimum absolute atomic E-state index is 0.139. The van der Waals surface area contributed by atoms with Crippen LogP contribution in [0.4, 0.5) is 10.5 Å². The number of hydrogen-bond acceptors (Lipinski definition) is 3. The molecule has 154 valence electrons. The van der Waals surface area contributed by atoms with Crippen molar-refractivity contribution in [1.82, 2.24) is 10.6 Å². The Morgan fingerprint density at radius 2 is 1.71 bits per heavy atom. The average molecular weight is 389 g/mol. The third-order valence-corrected chi connectivity index (χ3v) is 5.23. The highest BCUT2D eigenvalue weighted by Crippen LogP contribution is 2.24. The van der Waals surface area contributed by atoms with Crippen LogP contribution in [0.1, 0.15) is 64.4 Å². The van der Waals surface area contributed by atoms with Gasteiger partial charge in [0, 0.05) is 24.7 Å². The highest BCUT2D eigenvalue weighted by atomic mass is 16.4. The smallest absolute Gasteiger partial charge is 0.315 e. The second-order valence-corrected chi connectivity index (χ2v) is 7.89. The van der Waals surface area contributed by atoms with E-state index in [2.05, 4.69) is 16.0 Å². The Kier molecular flexibility index (Phi) is 7.84. The Hall–Kier alpha value is -2.57. The molecule has 1 aliphatic rings. The molecule has 7 nitrogen and oxygen atoms in total. The fourth-order valence-electron chi connectivity index (χ4n) is 3.25. The third kappa shape index (κ3) is 6.55. The van der Waals surface area contributed by atoms with Crippen LogP contribution in [0.25, 0.3) is 0 Å². The summed E-state index contributed by atoms with van der Waals surface area (Å²) in [7, 11) is 0. The molecule has 0 atom stereocenters. The molecule has 3 amide bonds. The van der Waals surface area contributed by atoms with Crippen LogP contribution >= 0.6 is 0 Å². The first-order valence-electron chi connectivity index (χ1n) is 9.97. The molecule has 1 aromatic carbocycles. The van der Waals surface area contributed by atoms with Crippen LogP contribution in [-0.4, -0.2) is 35.6 Å². The number of benzene rings is 1. The summed E-state index contributed by atoms with van der Waals surface area (Å²) in [5.41, 5.74) is 0.316. The number of carboxylic acids is 1. The van der Waals surface area contributed by atoms with E-state index >= 15 is 0 Å². The van der Waals surface area contributed by atoms with Gasteiger partial charge in [-0.25, -0.2) is 4.79 Å². The van der Waals surface area contributed by atoms with E-state index in [1.54, 1.807) is 38.1 Å². The fourth-order valence-corrected chi connectivity index (χ4v) is 3.25. The van der Waals surface area contributed by atoms with E-state index in [4.69, 9.17) is 0 Å². The van der Waals surface area contributed by atoms with Gasteiger partial charge >= 0.3 is 12.0 Å². The summed E-state index contributed by atoms with van der Waals surface area (Å²) in [6.07, 6.45) is 6.51. The highest BCUT2D eigenvalue weighted by molar-refractivity contribution is 5.90. The molecule has 0 heterocycles. The lowest BCUT2D eigenvalue weighted by Gasteiger charge is -2.22. The van der Waals surface area contributed by atoms with Gasteiger partial charge in [0.15, 0.2) is 0 Å². The second-order valence-electron chi connectivity index (χ2n) is 7.89. The van der Waals surface area contributed by atoms with Gasteiger partial charge in [0.25, 0.3) is 0 Å². The molecule has 0 aromatic heterocycles. The molecule has 7 heteroatoms. The van der Waals surface area contributed by atoms with Crippen molar-refractivity contribution in [1.29, 1.82) is 0 Å². The Balaban J connectivity index is 1.67. The van der Waals surface area contributed by atoms with Crippen molar-refractivity contribution in [3.63, 3.8) is 0 Å². The Bertz CT molecular complexity index is 679. The zero-order valence-corrected chi connectivity index (χ0v) is 16.7. The molecule has 1 saturated carbocycles. The maximum absolute atomic E-state index is 12.0. The van der Waals surface area contributed by atoms with Crippen molar-refractivity contribution >= 4 is 23.6 Å². The Morgan fingerprint density at radius 1 is 1.07 bits per heavy atom. The van der Waals surface area contributed by atoms with E-state index in [0.717, 1.165) is 12.8 Å². The lowest BCUT2D eigenvalue weighted by Crippen LogP contribution is -2.43. The van der Waals surface area contributed by atoms with Crippen LogP contribution in [0.15, 0.2) is 24.3 Å². The molecule has 2 rings (SSSR count). The van der Waals surface area contributed by atoms with Gasteiger partial charge in [0.05, 0.1) is 5.41 Å². The number of amides is 3.